The topological polar surface area (TPSA) is 97.4 Å². The number of benzene rings is 1. The summed E-state index contributed by atoms with van der Waals surface area (Å²) in [4.78, 5) is 14.3. The Morgan fingerprint density at radius 1 is 1.19 bits per heavy atom. The van der Waals surface area contributed by atoms with Crippen molar-refractivity contribution in [1.82, 2.24) is 15.6 Å². The van der Waals surface area contributed by atoms with Crippen LogP contribution in [0.2, 0.25) is 0 Å². The Morgan fingerprint density at radius 3 is 2.50 bits per heavy atom. The van der Waals surface area contributed by atoms with Gasteiger partial charge in [0.1, 0.15) is 5.69 Å². The molecule has 3 atom stereocenters. The number of rotatable bonds is 4. The number of urea groups is 1. The summed E-state index contributed by atoms with van der Waals surface area (Å²) in [7, 11) is 0. The fourth-order valence-electron chi connectivity index (χ4n) is 3.35. The predicted molar refractivity (Wildman–Crippen MR) is 88.6 cm³/mol. The molecule has 1 fully saturated rings. The molecule has 5 N–H and O–H groups in total. The van der Waals surface area contributed by atoms with Gasteiger partial charge in [-0.2, -0.15) is 13.2 Å². The molecule has 1 aliphatic rings. The van der Waals surface area contributed by atoms with Gasteiger partial charge in [0.05, 0.1) is 12.2 Å². The monoisotopic (exact) mass is 371 g/mol. The number of hydrogen-bond donors (Lipinski definition) is 5. The highest BCUT2D eigenvalue weighted by molar-refractivity contribution is 5.85. The lowest BCUT2D eigenvalue weighted by Gasteiger charge is -2.13. The van der Waals surface area contributed by atoms with Crippen LogP contribution in [0, 0.1) is 0 Å². The Labute approximate surface area is 147 Å². The largest absolute Gasteiger partial charge is 0.431 e. The van der Waals surface area contributed by atoms with Gasteiger partial charge in [-0.1, -0.05) is 18.2 Å². The van der Waals surface area contributed by atoms with Crippen LogP contribution in [-0.2, 0) is 12.6 Å². The van der Waals surface area contributed by atoms with E-state index in [-0.39, 0.29) is 37.4 Å². The third-order valence-electron chi connectivity index (χ3n) is 4.59. The molecule has 2 aromatic rings. The first-order valence-electron chi connectivity index (χ1n) is 8.33. The first-order valence-corrected chi connectivity index (χ1v) is 8.33. The maximum absolute atomic E-state index is 13.2. The Hall–Kier alpha value is -2.26. The first-order chi connectivity index (χ1) is 12.3. The number of hydrogen-bond acceptors (Lipinski definition) is 3. The lowest BCUT2D eigenvalue weighted by Crippen LogP contribution is -2.42. The van der Waals surface area contributed by atoms with Crippen LogP contribution in [0.4, 0.5) is 18.0 Å². The fraction of sp³-hybridized carbons (Fsp3) is 0.471. The number of fused-ring (bicyclic) bond motifs is 1. The summed E-state index contributed by atoms with van der Waals surface area (Å²) >= 11 is 0. The highest BCUT2D eigenvalue weighted by atomic mass is 19.4. The van der Waals surface area contributed by atoms with Crippen molar-refractivity contribution in [2.45, 2.75) is 43.7 Å². The van der Waals surface area contributed by atoms with Crippen molar-refractivity contribution >= 4 is 16.9 Å². The van der Waals surface area contributed by atoms with Gasteiger partial charge >= 0.3 is 12.2 Å². The average Bonchev–Trinajstić information content (AvgIpc) is 3.08. The van der Waals surface area contributed by atoms with Gasteiger partial charge in [0.2, 0.25) is 0 Å². The Bertz CT molecular complexity index is 780. The summed E-state index contributed by atoms with van der Waals surface area (Å²) in [5.41, 5.74) is -0.295. The number of aliphatic hydroxyl groups is 2. The molecule has 9 heteroatoms. The number of halogens is 3. The summed E-state index contributed by atoms with van der Waals surface area (Å²) in [6.45, 7) is 0.0224. The maximum Gasteiger partial charge on any atom is 0.431 e. The molecule has 2 amide bonds. The van der Waals surface area contributed by atoms with E-state index in [9.17, 15) is 28.2 Å². The van der Waals surface area contributed by atoms with Gasteiger partial charge < -0.3 is 25.8 Å². The van der Waals surface area contributed by atoms with Crippen LogP contribution in [0.25, 0.3) is 10.9 Å². The molecule has 26 heavy (non-hydrogen) atoms. The molecule has 1 saturated carbocycles. The van der Waals surface area contributed by atoms with Crippen molar-refractivity contribution in [2.24, 2.45) is 0 Å². The number of para-hydroxylation sites is 1. The van der Waals surface area contributed by atoms with E-state index in [0.29, 0.717) is 10.9 Å². The van der Waals surface area contributed by atoms with E-state index >= 15 is 0 Å². The summed E-state index contributed by atoms with van der Waals surface area (Å²) < 4.78 is 39.7. The van der Waals surface area contributed by atoms with Gasteiger partial charge in [-0.05, 0) is 30.9 Å². The highest BCUT2D eigenvalue weighted by Crippen LogP contribution is 2.35. The van der Waals surface area contributed by atoms with E-state index in [2.05, 4.69) is 15.6 Å². The summed E-state index contributed by atoms with van der Waals surface area (Å²) in [5, 5.41) is 24.5. The van der Waals surface area contributed by atoms with Crippen LogP contribution in [0.15, 0.2) is 24.3 Å². The summed E-state index contributed by atoms with van der Waals surface area (Å²) in [5.74, 6) is 0. The molecular weight excluding hydrogens is 351 g/mol. The number of carbonyl (C=O) groups is 1. The number of aliphatic hydroxyl groups excluding tert-OH is 2. The van der Waals surface area contributed by atoms with Crippen LogP contribution in [0.3, 0.4) is 0 Å². The van der Waals surface area contributed by atoms with E-state index in [1.165, 1.54) is 0 Å². The number of H-pyrrole nitrogens is 1. The first kappa shape index (κ1) is 18.5. The van der Waals surface area contributed by atoms with E-state index < -0.39 is 30.1 Å². The lowest BCUT2D eigenvalue weighted by molar-refractivity contribution is -0.141. The Balaban J connectivity index is 1.62. The van der Waals surface area contributed by atoms with Crippen LogP contribution in [0.5, 0.6) is 0 Å². The number of alkyl halides is 3. The highest BCUT2D eigenvalue weighted by Gasteiger charge is 2.36. The van der Waals surface area contributed by atoms with E-state index in [1.807, 2.05) is 0 Å². The fourth-order valence-corrected chi connectivity index (χ4v) is 3.35. The molecule has 0 spiro atoms. The quantitative estimate of drug-likeness (QED) is 0.568. The lowest BCUT2D eigenvalue weighted by atomic mass is 10.1. The van der Waals surface area contributed by atoms with Crippen molar-refractivity contribution < 1.29 is 28.2 Å². The number of nitrogens with one attached hydrogen (secondary N) is 3. The second-order valence-corrected chi connectivity index (χ2v) is 6.48. The molecule has 1 unspecified atom stereocenters. The zero-order valence-electron chi connectivity index (χ0n) is 13.8. The van der Waals surface area contributed by atoms with Crippen molar-refractivity contribution in [3.8, 4) is 0 Å². The van der Waals surface area contributed by atoms with Crippen LogP contribution < -0.4 is 10.6 Å². The van der Waals surface area contributed by atoms with Crippen molar-refractivity contribution in [3.05, 3.63) is 35.5 Å². The third-order valence-corrected chi connectivity index (χ3v) is 4.59. The molecule has 6 nitrogen and oxygen atoms in total. The van der Waals surface area contributed by atoms with Gasteiger partial charge in [-0.25, -0.2) is 4.79 Å². The smallest absolute Gasteiger partial charge is 0.390 e. The molecule has 1 heterocycles. The predicted octanol–water partition coefficient (Wildman–Crippen LogP) is 1.91. The number of amides is 2. The van der Waals surface area contributed by atoms with Gasteiger partial charge in [-0.15, -0.1) is 0 Å². The summed E-state index contributed by atoms with van der Waals surface area (Å²) in [6.07, 6.45) is -5.75. The van der Waals surface area contributed by atoms with Crippen LogP contribution in [-0.4, -0.2) is 46.0 Å². The van der Waals surface area contributed by atoms with E-state index in [1.54, 1.807) is 24.3 Å². The number of aromatic nitrogens is 1. The molecular formula is C17H20F3N3O3. The molecule has 1 aromatic heterocycles. The zero-order valence-corrected chi connectivity index (χ0v) is 13.8. The molecule has 0 aliphatic heterocycles. The molecule has 3 rings (SSSR count). The number of carbonyl (C=O) groups excluding carboxylic acids is 1. The minimum atomic E-state index is -4.51. The minimum absolute atomic E-state index is 0.0161. The minimum Gasteiger partial charge on any atom is -0.390 e. The van der Waals surface area contributed by atoms with E-state index in [0.717, 1.165) is 0 Å². The molecule has 142 valence electrons. The van der Waals surface area contributed by atoms with Crippen LogP contribution in [0.1, 0.15) is 24.1 Å². The second-order valence-electron chi connectivity index (χ2n) is 6.48. The van der Waals surface area contributed by atoms with Gasteiger partial charge in [0, 0.05) is 23.5 Å². The molecule has 0 bridgehead atoms. The third kappa shape index (κ3) is 3.94. The van der Waals surface area contributed by atoms with Gasteiger partial charge in [0.25, 0.3) is 0 Å². The molecule has 0 saturated heterocycles. The second kappa shape index (κ2) is 7.16. The Morgan fingerprint density at radius 2 is 1.85 bits per heavy atom. The van der Waals surface area contributed by atoms with Gasteiger partial charge in [0.15, 0.2) is 0 Å². The average molecular weight is 371 g/mol. The zero-order chi connectivity index (χ0) is 18.9. The summed E-state index contributed by atoms with van der Waals surface area (Å²) in [6, 6.07) is 5.60. The number of aromatic amines is 1. The Kier molecular flexibility index (Phi) is 5.10. The molecule has 0 radical (unpaired) electrons. The van der Waals surface area contributed by atoms with Crippen molar-refractivity contribution in [1.29, 1.82) is 0 Å². The maximum atomic E-state index is 13.2. The van der Waals surface area contributed by atoms with E-state index in [4.69, 9.17) is 0 Å². The van der Waals surface area contributed by atoms with Crippen molar-refractivity contribution in [3.63, 3.8) is 0 Å². The van der Waals surface area contributed by atoms with Crippen LogP contribution >= 0.6 is 0 Å². The normalized spacial score (nSPS) is 23.3. The van der Waals surface area contributed by atoms with Gasteiger partial charge in [-0.3, -0.25) is 0 Å². The van der Waals surface area contributed by atoms with Crippen molar-refractivity contribution in [2.75, 3.05) is 6.54 Å². The standard InChI is InChI=1S/C17H20F3N3O3/c18-17(19,20)15-11(10-3-1-2-4-12(10)23-15)5-6-21-16(26)22-9-7-13(24)14(25)8-9/h1-4,9,13-14,23-25H,5-8H2,(H2,21,22,26)/t9?,13-,14+. The molecule has 1 aromatic carbocycles. The SMILES string of the molecule is O=C(NCCc1c(C(F)(F)F)[nH]c2ccccc12)NC1C[C@@H](O)[C@@H](O)C1. The molecule has 1 aliphatic carbocycles.